The Kier molecular flexibility index (Phi) is 5.58. The molecule has 27 heavy (non-hydrogen) atoms. The minimum absolute atomic E-state index is 0.687. The fourth-order valence-corrected chi connectivity index (χ4v) is 4.34. The maximum Gasteiger partial charge on any atom is 0.0408 e. The van der Waals surface area contributed by atoms with Crippen LogP contribution in [0.2, 0.25) is 0 Å². The van der Waals surface area contributed by atoms with Crippen molar-refractivity contribution in [3.05, 3.63) is 101 Å². The fraction of sp³-hybridized carbons (Fsp3) is 0.308. The van der Waals surface area contributed by atoms with E-state index in [1.807, 2.05) is 0 Å². The van der Waals surface area contributed by atoms with Gasteiger partial charge >= 0.3 is 0 Å². The molecule has 0 fully saturated rings. The van der Waals surface area contributed by atoms with Gasteiger partial charge in [-0.3, -0.25) is 0 Å². The van der Waals surface area contributed by atoms with Crippen molar-refractivity contribution in [3.8, 4) is 0 Å². The molecule has 1 atom stereocenters. The molecular weight excluding hydrogens is 326 g/mol. The molecule has 3 aromatic rings. The third kappa shape index (κ3) is 4.24. The van der Waals surface area contributed by atoms with E-state index in [1.54, 1.807) is 5.56 Å². The maximum absolute atomic E-state index is 3.72. The van der Waals surface area contributed by atoms with Crippen molar-refractivity contribution in [1.82, 2.24) is 0 Å². The molecule has 1 unspecified atom stereocenters. The van der Waals surface area contributed by atoms with Gasteiger partial charge in [-0.05, 0) is 65.8 Å². The highest BCUT2D eigenvalue weighted by atomic mass is 14.9. The molecule has 1 heteroatoms. The van der Waals surface area contributed by atoms with E-state index in [0.717, 1.165) is 25.8 Å². The van der Waals surface area contributed by atoms with Crippen molar-refractivity contribution in [3.63, 3.8) is 0 Å². The highest BCUT2D eigenvalue weighted by molar-refractivity contribution is 5.62. The van der Waals surface area contributed by atoms with Crippen molar-refractivity contribution >= 4 is 5.69 Å². The number of benzene rings is 3. The second-order valence-corrected chi connectivity index (χ2v) is 7.69. The number of hydrogen-bond acceptors (Lipinski definition) is 1. The van der Waals surface area contributed by atoms with Crippen LogP contribution >= 0.6 is 0 Å². The number of aryl methyl sites for hydroxylation is 2. The Morgan fingerprint density at radius 3 is 2.22 bits per heavy atom. The number of hydrogen-bond donors (Lipinski definition) is 1. The largest absolute Gasteiger partial charge is 0.385 e. The lowest BCUT2D eigenvalue weighted by atomic mass is 9.84. The monoisotopic (exact) mass is 355 g/mol. The highest BCUT2D eigenvalue weighted by Crippen LogP contribution is 2.38. The van der Waals surface area contributed by atoms with Crippen LogP contribution in [0.3, 0.4) is 0 Å². The van der Waals surface area contributed by atoms with E-state index in [2.05, 4.69) is 85.0 Å². The Morgan fingerprint density at radius 2 is 1.52 bits per heavy atom. The van der Waals surface area contributed by atoms with Crippen LogP contribution in [0.25, 0.3) is 0 Å². The first kappa shape index (κ1) is 17.9. The van der Waals surface area contributed by atoms with Crippen LogP contribution in [-0.4, -0.2) is 6.54 Å². The third-order valence-electron chi connectivity index (χ3n) is 5.81. The van der Waals surface area contributed by atoms with E-state index >= 15 is 0 Å². The average molecular weight is 356 g/mol. The van der Waals surface area contributed by atoms with Crippen LogP contribution in [0.4, 0.5) is 5.69 Å². The van der Waals surface area contributed by atoms with Gasteiger partial charge in [0.1, 0.15) is 0 Å². The van der Waals surface area contributed by atoms with Gasteiger partial charge in [-0.1, -0.05) is 79.7 Å². The number of anilines is 1. The summed E-state index contributed by atoms with van der Waals surface area (Å²) in [5, 5.41) is 3.72. The quantitative estimate of drug-likeness (QED) is 0.541. The molecule has 0 saturated heterocycles. The molecule has 1 N–H and O–H groups in total. The SMILES string of the molecule is CCC1CCNc2c(CCc3ccccc3)cc(Cc3ccccc3)cc21. The molecule has 3 aromatic carbocycles. The summed E-state index contributed by atoms with van der Waals surface area (Å²) in [7, 11) is 0. The summed E-state index contributed by atoms with van der Waals surface area (Å²) < 4.78 is 0. The van der Waals surface area contributed by atoms with Gasteiger partial charge in [0, 0.05) is 12.2 Å². The van der Waals surface area contributed by atoms with Gasteiger partial charge in [-0.25, -0.2) is 0 Å². The Hall–Kier alpha value is -2.54. The van der Waals surface area contributed by atoms with Crippen molar-refractivity contribution in [1.29, 1.82) is 0 Å². The molecule has 0 saturated carbocycles. The summed E-state index contributed by atoms with van der Waals surface area (Å²) in [6.45, 7) is 3.43. The molecule has 1 aliphatic rings. The van der Waals surface area contributed by atoms with Crippen molar-refractivity contribution in [2.24, 2.45) is 0 Å². The zero-order valence-corrected chi connectivity index (χ0v) is 16.2. The van der Waals surface area contributed by atoms with Crippen LogP contribution in [0.1, 0.15) is 53.5 Å². The molecule has 0 bridgehead atoms. The molecule has 0 radical (unpaired) electrons. The highest BCUT2D eigenvalue weighted by Gasteiger charge is 2.22. The maximum atomic E-state index is 3.72. The Bertz CT molecular complexity index is 867. The molecule has 0 aromatic heterocycles. The van der Waals surface area contributed by atoms with E-state index in [1.165, 1.54) is 40.8 Å². The second kappa shape index (κ2) is 8.43. The molecule has 1 heterocycles. The summed E-state index contributed by atoms with van der Waals surface area (Å²) in [6, 6.07) is 26.6. The van der Waals surface area contributed by atoms with Gasteiger partial charge < -0.3 is 5.32 Å². The van der Waals surface area contributed by atoms with Gasteiger partial charge in [0.2, 0.25) is 0 Å². The zero-order valence-electron chi connectivity index (χ0n) is 16.2. The predicted octanol–water partition coefficient (Wildman–Crippen LogP) is 6.37. The minimum Gasteiger partial charge on any atom is -0.385 e. The van der Waals surface area contributed by atoms with Crippen LogP contribution < -0.4 is 5.32 Å². The number of fused-ring (bicyclic) bond motifs is 1. The van der Waals surface area contributed by atoms with Crippen LogP contribution in [0.15, 0.2) is 72.8 Å². The molecule has 4 rings (SSSR count). The molecule has 0 spiro atoms. The van der Waals surface area contributed by atoms with Crippen LogP contribution in [0, 0.1) is 0 Å². The van der Waals surface area contributed by atoms with E-state index in [4.69, 9.17) is 0 Å². The van der Waals surface area contributed by atoms with Crippen molar-refractivity contribution in [2.75, 3.05) is 11.9 Å². The van der Waals surface area contributed by atoms with Gasteiger partial charge in [-0.15, -0.1) is 0 Å². The lowest BCUT2D eigenvalue weighted by Crippen LogP contribution is -2.19. The molecule has 138 valence electrons. The normalized spacial score (nSPS) is 15.8. The molecule has 0 aliphatic carbocycles. The summed E-state index contributed by atoms with van der Waals surface area (Å²) in [4.78, 5) is 0. The summed E-state index contributed by atoms with van der Waals surface area (Å²) in [5.41, 5.74) is 8.71. The first-order chi connectivity index (χ1) is 13.3. The van der Waals surface area contributed by atoms with Crippen LogP contribution in [-0.2, 0) is 19.3 Å². The van der Waals surface area contributed by atoms with Gasteiger partial charge in [0.15, 0.2) is 0 Å². The van der Waals surface area contributed by atoms with Crippen molar-refractivity contribution in [2.45, 2.75) is 44.9 Å². The number of rotatable bonds is 6. The standard InChI is InChI=1S/C26H29N/c1-2-23-15-16-27-26-24(14-13-20-9-5-3-6-10-20)18-22(19-25(23)26)17-21-11-7-4-8-12-21/h3-12,18-19,23,27H,2,13-17H2,1H3. The lowest BCUT2D eigenvalue weighted by molar-refractivity contribution is 0.606. The Morgan fingerprint density at radius 1 is 0.815 bits per heavy atom. The minimum atomic E-state index is 0.687. The summed E-state index contributed by atoms with van der Waals surface area (Å²) >= 11 is 0. The van der Waals surface area contributed by atoms with E-state index in [0.29, 0.717) is 5.92 Å². The molecule has 1 aliphatic heterocycles. The van der Waals surface area contributed by atoms with Crippen molar-refractivity contribution < 1.29 is 0 Å². The van der Waals surface area contributed by atoms with E-state index in [9.17, 15) is 0 Å². The van der Waals surface area contributed by atoms with Gasteiger partial charge in [0.05, 0.1) is 0 Å². The average Bonchev–Trinajstić information content (AvgIpc) is 2.73. The van der Waals surface area contributed by atoms with Gasteiger partial charge in [0.25, 0.3) is 0 Å². The molecule has 0 amide bonds. The van der Waals surface area contributed by atoms with E-state index in [-0.39, 0.29) is 0 Å². The van der Waals surface area contributed by atoms with Crippen LogP contribution in [0.5, 0.6) is 0 Å². The smallest absolute Gasteiger partial charge is 0.0408 e. The fourth-order valence-electron chi connectivity index (χ4n) is 4.34. The Labute approximate surface area is 163 Å². The first-order valence-corrected chi connectivity index (χ1v) is 10.3. The summed E-state index contributed by atoms with van der Waals surface area (Å²) in [5.74, 6) is 0.687. The van der Waals surface area contributed by atoms with E-state index < -0.39 is 0 Å². The Balaban J connectivity index is 1.66. The molecule has 1 nitrogen and oxygen atoms in total. The lowest BCUT2D eigenvalue weighted by Gasteiger charge is -2.29. The second-order valence-electron chi connectivity index (χ2n) is 7.69. The summed E-state index contributed by atoms with van der Waals surface area (Å²) in [6.07, 6.45) is 5.68. The first-order valence-electron chi connectivity index (χ1n) is 10.3. The number of nitrogens with one attached hydrogen (secondary N) is 1. The zero-order chi connectivity index (χ0) is 18.5. The predicted molar refractivity (Wildman–Crippen MR) is 116 cm³/mol. The van der Waals surface area contributed by atoms with Gasteiger partial charge in [-0.2, -0.15) is 0 Å². The third-order valence-corrected chi connectivity index (χ3v) is 5.81. The topological polar surface area (TPSA) is 12.0 Å². The molecular formula is C26H29N.